The van der Waals surface area contributed by atoms with Crippen molar-refractivity contribution >= 4 is 22.9 Å². The summed E-state index contributed by atoms with van der Waals surface area (Å²) >= 11 is 0. The minimum absolute atomic E-state index is 0.0670. The Morgan fingerprint density at radius 2 is 2.12 bits per heavy atom. The van der Waals surface area contributed by atoms with Crippen LogP contribution in [0.1, 0.15) is 29.6 Å². The lowest BCUT2D eigenvalue weighted by molar-refractivity contribution is -0.132. The Morgan fingerprint density at radius 1 is 1.27 bits per heavy atom. The number of carbonyl (C=O) groups is 1. The maximum atomic E-state index is 12.6. The van der Waals surface area contributed by atoms with E-state index in [1.807, 2.05) is 6.07 Å². The quantitative estimate of drug-likeness (QED) is 0.213. The molecule has 1 aromatic carbocycles. The van der Waals surface area contributed by atoms with Crippen LogP contribution in [0.15, 0.2) is 47.3 Å². The van der Waals surface area contributed by atoms with Crippen LogP contribution in [0, 0.1) is 23.2 Å². The van der Waals surface area contributed by atoms with Gasteiger partial charge in [0.25, 0.3) is 0 Å². The number of phenolic OH excluding ortho intramolecular Hbond substituents is 1. The molecule has 1 amide bonds. The number of aliphatic hydroxyl groups excluding tert-OH is 2. The molecule has 4 aromatic rings. The first-order valence-corrected chi connectivity index (χ1v) is 12.9. The van der Waals surface area contributed by atoms with Crippen LogP contribution in [-0.2, 0) is 11.2 Å². The van der Waals surface area contributed by atoms with Gasteiger partial charge >= 0.3 is 0 Å². The van der Waals surface area contributed by atoms with Crippen molar-refractivity contribution in [2.75, 3.05) is 26.0 Å². The van der Waals surface area contributed by atoms with Crippen molar-refractivity contribution < 1.29 is 29.3 Å². The molecule has 6 rings (SSSR count). The van der Waals surface area contributed by atoms with Crippen LogP contribution in [0.5, 0.6) is 11.5 Å². The first-order valence-electron chi connectivity index (χ1n) is 12.9. The molecule has 5 N–H and O–H groups in total. The van der Waals surface area contributed by atoms with E-state index in [2.05, 4.69) is 37.4 Å². The maximum absolute atomic E-state index is 12.6. The highest BCUT2D eigenvalue weighted by Crippen LogP contribution is 2.67. The van der Waals surface area contributed by atoms with Crippen LogP contribution in [0.3, 0.4) is 0 Å². The highest BCUT2D eigenvalue weighted by atomic mass is 16.5. The third kappa shape index (κ3) is 4.11. The van der Waals surface area contributed by atoms with Gasteiger partial charge in [0.1, 0.15) is 6.10 Å². The lowest BCUT2D eigenvalue weighted by Gasteiger charge is -2.23. The van der Waals surface area contributed by atoms with E-state index in [1.54, 1.807) is 35.2 Å². The van der Waals surface area contributed by atoms with Gasteiger partial charge in [-0.3, -0.25) is 4.79 Å². The van der Waals surface area contributed by atoms with E-state index in [0.717, 1.165) is 5.56 Å². The molecular weight excluding hydrogens is 516 g/mol. The van der Waals surface area contributed by atoms with Crippen LogP contribution < -0.4 is 15.4 Å². The molecule has 0 spiro atoms. The van der Waals surface area contributed by atoms with Gasteiger partial charge in [-0.05, 0) is 54.5 Å². The average molecular weight is 545 g/mol. The summed E-state index contributed by atoms with van der Waals surface area (Å²) in [6.07, 6.45) is 1.74. The smallest absolute Gasteiger partial charge is 0.229 e. The van der Waals surface area contributed by atoms with Gasteiger partial charge in [-0.2, -0.15) is 0 Å². The molecule has 0 radical (unpaired) electrons. The number of furan rings is 1. The van der Waals surface area contributed by atoms with Gasteiger partial charge in [0, 0.05) is 19.5 Å². The normalized spacial score (nSPS) is 24.7. The molecule has 0 bridgehead atoms. The molecule has 5 atom stereocenters. The topological polar surface area (TPSA) is 168 Å². The van der Waals surface area contributed by atoms with Crippen molar-refractivity contribution in [3.05, 3.63) is 60.1 Å². The van der Waals surface area contributed by atoms with E-state index in [0.29, 0.717) is 47.9 Å². The fourth-order valence-electron chi connectivity index (χ4n) is 5.77. The summed E-state index contributed by atoms with van der Waals surface area (Å²) in [5.74, 6) is 6.82. The van der Waals surface area contributed by atoms with Gasteiger partial charge in [0.05, 0.1) is 37.3 Å². The number of nitrogens with one attached hydrogen (secondary N) is 2. The van der Waals surface area contributed by atoms with Crippen molar-refractivity contribution in [3.63, 3.8) is 0 Å². The molecule has 2 aliphatic carbocycles. The fourth-order valence-corrected chi connectivity index (χ4v) is 5.77. The zero-order valence-corrected chi connectivity index (χ0v) is 21.8. The second kappa shape index (κ2) is 9.86. The van der Waals surface area contributed by atoms with Gasteiger partial charge in [-0.25, -0.2) is 15.0 Å². The Morgan fingerprint density at radius 3 is 2.88 bits per heavy atom. The number of ether oxygens (including phenoxy) is 1. The molecule has 3 heterocycles. The fraction of sp³-hybridized carbons (Fsp3) is 0.357. The van der Waals surface area contributed by atoms with E-state index in [1.165, 1.54) is 20.4 Å². The van der Waals surface area contributed by atoms with E-state index in [9.17, 15) is 20.1 Å². The largest absolute Gasteiger partial charge is 0.504 e. The van der Waals surface area contributed by atoms with E-state index in [-0.39, 0.29) is 23.4 Å². The first kappa shape index (κ1) is 25.7. The molecule has 0 aliphatic heterocycles. The number of anilines is 1. The second-order valence-electron chi connectivity index (χ2n) is 9.99. The molecule has 12 heteroatoms. The number of hydrogen-bond donors (Lipinski definition) is 5. The number of amides is 1. The minimum atomic E-state index is -1.21. The number of imidazole rings is 1. The van der Waals surface area contributed by atoms with E-state index in [4.69, 9.17) is 9.15 Å². The molecule has 12 nitrogen and oxygen atoms in total. The average Bonchev–Trinajstić information content (AvgIpc) is 3.22. The van der Waals surface area contributed by atoms with Crippen LogP contribution in [0.4, 0.5) is 5.82 Å². The number of phenols is 1. The number of rotatable bonds is 7. The number of nitrogens with zero attached hydrogens (tertiary/aromatic N) is 4. The SMILES string of the molecule is CNC(=O)[C@@]12C[C@@H]1[C@@H](n1cnc3c(NCCc4ccc(O)c(OC)c4)nc(C#Cc4ccco4)nc31)[C@H](O)[C@@H]2O. The summed E-state index contributed by atoms with van der Waals surface area (Å²) in [6, 6.07) is 8.01. The van der Waals surface area contributed by atoms with Crippen LogP contribution in [-0.4, -0.2) is 73.7 Å². The molecule has 3 aromatic heterocycles. The van der Waals surface area contributed by atoms with Crippen LogP contribution in [0.2, 0.25) is 0 Å². The van der Waals surface area contributed by atoms with Crippen molar-refractivity contribution in [2.45, 2.75) is 31.1 Å². The number of aliphatic hydroxyl groups is 2. The molecule has 2 aliphatic rings. The minimum Gasteiger partial charge on any atom is -0.504 e. The maximum Gasteiger partial charge on any atom is 0.229 e. The third-order valence-corrected chi connectivity index (χ3v) is 7.83. The number of aromatic hydroxyl groups is 1. The van der Waals surface area contributed by atoms with Crippen LogP contribution in [0.25, 0.3) is 11.2 Å². The number of carbonyl (C=O) groups excluding carboxylic acids is 1. The number of hydrogen-bond acceptors (Lipinski definition) is 10. The Labute approximate surface area is 229 Å². The van der Waals surface area contributed by atoms with Crippen molar-refractivity contribution in [1.29, 1.82) is 0 Å². The molecule has 40 heavy (non-hydrogen) atoms. The predicted octanol–water partition coefficient (Wildman–Crippen LogP) is 1.22. The molecule has 2 fully saturated rings. The molecule has 0 unspecified atom stereocenters. The Hall–Kier alpha value is -4.60. The molecule has 2 saturated carbocycles. The van der Waals surface area contributed by atoms with Gasteiger partial charge in [-0.1, -0.05) is 6.07 Å². The number of aromatic nitrogens is 4. The zero-order chi connectivity index (χ0) is 28.0. The molecule has 0 saturated heterocycles. The highest BCUT2D eigenvalue weighted by Gasteiger charge is 2.75. The Bertz CT molecular complexity index is 1640. The Kier molecular flexibility index (Phi) is 6.32. The Balaban J connectivity index is 1.34. The lowest BCUT2D eigenvalue weighted by Crippen LogP contribution is -2.41. The predicted molar refractivity (Wildman–Crippen MR) is 143 cm³/mol. The van der Waals surface area contributed by atoms with Gasteiger partial charge in [0.2, 0.25) is 11.7 Å². The third-order valence-electron chi connectivity index (χ3n) is 7.83. The van der Waals surface area contributed by atoms with Gasteiger partial charge in [-0.15, -0.1) is 0 Å². The zero-order valence-electron chi connectivity index (χ0n) is 21.8. The van der Waals surface area contributed by atoms with Crippen molar-refractivity contribution in [2.24, 2.45) is 11.3 Å². The van der Waals surface area contributed by atoms with Crippen molar-refractivity contribution in [3.8, 4) is 23.3 Å². The van der Waals surface area contributed by atoms with Crippen LogP contribution >= 0.6 is 0 Å². The number of methoxy groups -OCH3 is 1. The first-order chi connectivity index (χ1) is 19.4. The van der Waals surface area contributed by atoms with E-state index < -0.39 is 23.7 Å². The van der Waals surface area contributed by atoms with Crippen molar-refractivity contribution in [1.82, 2.24) is 24.8 Å². The highest BCUT2D eigenvalue weighted by molar-refractivity contribution is 5.88. The van der Waals surface area contributed by atoms with E-state index >= 15 is 0 Å². The summed E-state index contributed by atoms with van der Waals surface area (Å²) in [5.41, 5.74) is 0.796. The summed E-state index contributed by atoms with van der Waals surface area (Å²) in [7, 11) is 3.02. The van der Waals surface area contributed by atoms with Gasteiger partial charge in [0.15, 0.2) is 34.2 Å². The summed E-state index contributed by atoms with van der Waals surface area (Å²) in [6.45, 7) is 0.477. The van der Waals surface area contributed by atoms with Gasteiger partial charge < -0.3 is 39.7 Å². The summed E-state index contributed by atoms with van der Waals surface area (Å²) in [4.78, 5) is 26.4. The number of fused-ring (bicyclic) bond motifs is 2. The number of benzene rings is 1. The monoisotopic (exact) mass is 544 g/mol. The standard InChI is InChI=1S/C28H28N6O6/c1-29-27(38)28-13-17(28)22(23(36)24(28)37)34-14-31-21-25(30-10-9-15-5-7-18(35)19(12-15)39-2)32-20(33-26(21)34)8-6-16-4-3-11-40-16/h3-5,7,11-12,14,17,22-24,35-37H,9-10,13H2,1-2H3,(H,29,38)(H,30,32,33)/t17-,22-,23+,24+,28+/m1/s1. The summed E-state index contributed by atoms with van der Waals surface area (Å²) in [5, 5.41) is 37.6. The lowest BCUT2D eigenvalue weighted by atomic mass is 9.98. The molecular formula is C28H28N6O6. The summed E-state index contributed by atoms with van der Waals surface area (Å²) < 4.78 is 12.2. The second-order valence-corrected chi connectivity index (χ2v) is 9.99. The molecule has 206 valence electrons.